The Morgan fingerprint density at radius 2 is 2.06 bits per heavy atom. The zero-order chi connectivity index (χ0) is 24.5. The maximum absolute atomic E-state index is 10.2. The largest absolute Gasteiger partial charge is 0.497 e. The van der Waals surface area contributed by atoms with Gasteiger partial charge in [-0.25, -0.2) is 4.98 Å². The molecule has 1 fully saturated rings. The third-order valence-electron chi connectivity index (χ3n) is 6.95. The quantitative estimate of drug-likeness (QED) is 0.283. The van der Waals surface area contributed by atoms with Crippen LogP contribution in [0.5, 0.6) is 5.75 Å². The second-order valence-corrected chi connectivity index (χ2v) is 10.2. The van der Waals surface area contributed by atoms with Crippen LogP contribution in [0.4, 0.5) is 0 Å². The Bertz CT molecular complexity index is 1060. The second-order valence-electron chi connectivity index (χ2n) is 9.04. The molecule has 2 N–H and O–H groups in total. The molecule has 4 rings (SSSR count). The molecule has 3 heterocycles. The molecule has 8 heteroatoms. The Labute approximate surface area is 212 Å². The van der Waals surface area contributed by atoms with Gasteiger partial charge in [0, 0.05) is 43.2 Å². The second kappa shape index (κ2) is 13.2. The molecule has 2 aromatic heterocycles. The van der Waals surface area contributed by atoms with Crippen LogP contribution < -0.4 is 10.2 Å². The van der Waals surface area contributed by atoms with Crippen molar-refractivity contribution in [1.82, 2.24) is 20.3 Å². The first-order valence-corrected chi connectivity index (χ1v) is 13.3. The number of thioether (sulfide) groups is 1. The monoisotopic (exact) mass is 496 g/mol. The van der Waals surface area contributed by atoms with Gasteiger partial charge in [0.05, 0.1) is 30.8 Å². The molecule has 1 unspecified atom stereocenters. The average Bonchev–Trinajstić information content (AvgIpc) is 2.91. The number of aliphatic hydroxyl groups is 1. The Kier molecular flexibility index (Phi) is 9.74. The molecule has 0 aliphatic carbocycles. The van der Waals surface area contributed by atoms with E-state index < -0.39 is 0 Å². The van der Waals surface area contributed by atoms with E-state index in [0.29, 0.717) is 11.8 Å². The number of hydrogen-bond acceptors (Lipinski definition) is 8. The van der Waals surface area contributed by atoms with E-state index in [1.54, 1.807) is 26.0 Å². The lowest BCUT2D eigenvalue weighted by atomic mass is 9.81. The molecule has 0 spiro atoms. The zero-order valence-electron chi connectivity index (χ0n) is 20.6. The fourth-order valence-electron chi connectivity index (χ4n) is 5.04. The van der Waals surface area contributed by atoms with Crippen LogP contribution in [0.3, 0.4) is 0 Å². The number of nitrogens with zero attached hydrogens (tertiary/aromatic N) is 3. The summed E-state index contributed by atoms with van der Waals surface area (Å²) in [4.78, 5) is 16.8. The summed E-state index contributed by atoms with van der Waals surface area (Å²) < 4.78 is 5.45. The number of ether oxygens (including phenoxy) is 1. The molecule has 0 bridgehead atoms. The van der Waals surface area contributed by atoms with Crippen molar-refractivity contribution < 1.29 is 14.7 Å². The number of aliphatic hydroxyl groups excluding tert-OH is 1. The normalized spacial score (nSPS) is 19.6. The summed E-state index contributed by atoms with van der Waals surface area (Å²) in [7, 11) is 3.34. The van der Waals surface area contributed by atoms with Gasteiger partial charge in [0.25, 0.3) is 0 Å². The van der Waals surface area contributed by atoms with E-state index in [9.17, 15) is 5.11 Å². The van der Waals surface area contributed by atoms with Gasteiger partial charge in [-0.15, -0.1) is 11.8 Å². The number of nitrogens with one attached hydrogen (secondary N) is 1. The first-order chi connectivity index (χ1) is 17.2. The number of fused-ring (bicyclic) bond motifs is 1. The van der Waals surface area contributed by atoms with Gasteiger partial charge in [0.1, 0.15) is 5.75 Å². The van der Waals surface area contributed by atoms with Crippen molar-refractivity contribution in [1.29, 1.82) is 0 Å². The Hall–Kier alpha value is -2.23. The van der Waals surface area contributed by atoms with E-state index in [1.807, 2.05) is 42.7 Å². The van der Waals surface area contributed by atoms with Gasteiger partial charge in [-0.2, -0.15) is 5.48 Å². The number of pyridine rings is 2. The van der Waals surface area contributed by atoms with Crippen LogP contribution in [-0.4, -0.2) is 66.2 Å². The number of hydrogen-bond donors (Lipinski definition) is 2. The molecular formula is C27H36N4O3S. The van der Waals surface area contributed by atoms with Gasteiger partial charge in [-0.05, 0) is 79.6 Å². The van der Waals surface area contributed by atoms with Crippen molar-refractivity contribution in [3.63, 3.8) is 0 Å². The van der Waals surface area contributed by atoms with Crippen molar-refractivity contribution in [2.24, 2.45) is 11.8 Å². The number of benzene rings is 1. The molecule has 0 amide bonds. The van der Waals surface area contributed by atoms with Crippen LogP contribution in [-0.2, 0) is 4.84 Å². The standard InChI is InChI=1S/C27H36N4O3S/c1-33-22-7-9-25-24(17-22)23(10-13-28-25)26(30-34-2)8-6-20-11-14-31(18-21(20)19-32)15-16-35-27-5-3-4-12-29-27/h3-5,7,9-10,12-13,17,20-21,26,30,32H,6,8,11,14-16,18-19H2,1-2H3/t20-,21-,26?/m1/s1. The van der Waals surface area contributed by atoms with E-state index >= 15 is 0 Å². The minimum absolute atomic E-state index is 0.0322. The summed E-state index contributed by atoms with van der Waals surface area (Å²) in [6, 6.07) is 14.1. The van der Waals surface area contributed by atoms with Gasteiger partial charge in [0.15, 0.2) is 0 Å². The van der Waals surface area contributed by atoms with Crippen molar-refractivity contribution in [3.05, 3.63) is 60.4 Å². The van der Waals surface area contributed by atoms with Gasteiger partial charge in [-0.1, -0.05) is 6.07 Å². The summed E-state index contributed by atoms with van der Waals surface area (Å²) in [6.07, 6.45) is 6.74. The third-order valence-corrected chi connectivity index (χ3v) is 7.87. The molecule has 188 valence electrons. The SMILES string of the molecule is CONC(CC[C@@H]1CCN(CCSc2ccccn2)C[C@@H]1CO)c1ccnc2ccc(OC)cc12. The summed E-state index contributed by atoms with van der Waals surface area (Å²) in [5.74, 6) is 2.61. The molecule has 1 aliphatic heterocycles. The van der Waals surface area contributed by atoms with Crippen molar-refractivity contribution >= 4 is 22.7 Å². The number of rotatable bonds is 12. The molecule has 1 saturated heterocycles. The van der Waals surface area contributed by atoms with E-state index in [2.05, 4.69) is 32.5 Å². The maximum atomic E-state index is 10.2. The summed E-state index contributed by atoms with van der Waals surface area (Å²) >= 11 is 1.79. The predicted molar refractivity (Wildman–Crippen MR) is 140 cm³/mol. The molecule has 35 heavy (non-hydrogen) atoms. The molecule has 3 atom stereocenters. The average molecular weight is 497 g/mol. The highest BCUT2D eigenvalue weighted by molar-refractivity contribution is 7.99. The number of methoxy groups -OCH3 is 1. The van der Waals surface area contributed by atoms with Crippen molar-refractivity contribution in [3.8, 4) is 5.75 Å². The van der Waals surface area contributed by atoms with E-state index in [0.717, 1.165) is 71.9 Å². The summed E-state index contributed by atoms with van der Waals surface area (Å²) in [5.41, 5.74) is 5.30. The van der Waals surface area contributed by atoms with E-state index in [1.165, 1.54) is 0 Å². The van der Waals surface area contributed by atoms with Crippen LogP contribution in [0.15, 0.2) is 59.9 Å². The predicted octanol–water partition coefficient (Wildman–Crippen LogP) is 4.33. The Morgan fingerprint density at radius 3 is 2.83 bits per heavy atom. The molecule has 1 aromatic carbocycles. The number of aromatic nitrogens is 2. The molecule has 3 aromatic rings. The van der Waals surface area contributed by atoms with Crippen LogP contribution in [0.2, 0.25) is 0 Å². The molecule has 7 nitrogen and oxygen atoms in total. The van der Waals surface area contributed by atoms with E-state index in [-0.39, 0.29) is 12.6 Å². The lowest BCUT2D eigenvalue weighted by Crippen LogP contribution is -2.43. The first-order valence-electron chi connectivity index (χ1n) is 12.3. The number of hydroxylamine groups is 1. The van der Waals surface area contributed by atoms with Crippen LogP contribution in [0.1, 0.15) is 30.9 Å². The molecular weight excluding hydrogens is 460 g/mol. The smallest absolute Gasteiger partial charge is 0.119 e. The van der Waals surface area contributed by atoms with Crippen LogP contribution in [0, 0.1) is 11.8 Å². The van der Waals surface area contributed by atoms with Gasteiger partial charge < -0.3 is 19.6 Å². The van der Waals surface area contributed by atoms with Crippen molar-refractivity contribution in [2.45, 2.75) is 30.3 Å². The first kappa shape index (κ1) is 25.9. The topological polar surface area (TPSA) is 79.7 Å². The van der Waals surface area contributed by atoms with Gasteiger partial charge in [-0.3, -0.25) is 4.98 Å². The Morgan fingerprint density at radius 1 is 1.14 bits per heavy atom. The third kappa shape index (κ3) is 6.92. The fourth-order valence-corrected chi connectivity index (χ4v) is 5.90. The molecule has 0 radical (unpaired) electrons. The Balaban J connectivity index is 1.35. The highest BCUT2D eigenvalue weighted by atomic mass is 32.2. The van der Waals surface area contributed by atoms with Gasteiger partial charge >= 0.3 is 0 Å². The number of piperidine rings is 1. The van der Waals surface area contributed by atoms with E-state index in [4.69, 9.17) is 9.57 Å². The zero-order valence-corrected chi connectivity index (χ0v) is 21.4. The van der Waals surface area contributed by atoms with Crippen LogP contribution >= 0.6 is 11.8 Å². The highest BCUT2D eigenvalue weighted by Crippen LogP contribution is 2.33. The molecule has 0 saturated carbocycles. The maximum Gasteiger partial charge on any atom is 0.119 e. The van der Waals surface area contributed by atoms with Crippen molar-refractivity contribution in [2.75, 3.05) is 46.2 Å². The summed E-state index contributed by atoms with van der Waals surface area (Å²) in [5, 5.41) is 12.3. The lowest BCUT2D eigenvalue weighted by molar-refractivity contribution is 0.0434. The highest BCUT2D eigenvalue weighted by Gasteiger charge is 2.29. The van der Waals surface area contributed by atoms with Crippen LogP contribution in [0.25, 0.3) is 10.9 Å². The summed E-state index contributed by atoms with van der Waals surface area (Å²) in [6.45, 7) is 3.26. The fraction of sp³-hybridized carbons (Fsp3) is 0.481. The minimum Gasteiger partial charge on any atom is -0.497 e. The minimum atomic E-state index is 0.0322. The molecule has 1 aliphatic rings. The van der Waals surface area contributed by atoms with Gasteiger partial charge in [0.2, 0.25) is 0 Å². The number of likely N-dealkylation sites (tertiary alicyclic amines) is 1. The lowest BCUT2D eigenvalue weighted by Gasteiger charge is -2.38.